The molecule has 17 heteroatoms. The molecule has 0 aliphatic heterocycles. The van der Waals surface area contributed by atoms with Crippen molar-refractivity contribution in [3.63, 3.8) is 0 Å². The second-order valence-corrected chi connectivity index (χ2v) is 3.65. The Morgan fingerprint density at radius 3 is 1.12 bits per heavy atom. The number of quaternary nitrogens is 1. The van der Waals surface area contributed by atoms with E-state index >= 15 is 0 Å². The molecule has 1 atom stereocenters. The van der Waals surface area contributed by atoms with E-state index in [-0.39, 0.29) is 6.15 Å². The van der Waals surface area contributed by atoms with Crippen LogP contribution >= 0.6 is 0 Å². The molecular weight excluding hydrogens is 393 g/mol. The summed E-state index contributed by atoms with van der Waals surface area (Å²) >= 11 is 0. The predicted molar refractivity (Wildman–Crippen MR) is 42.9 cm³/mol. The lowest BCUT2D eigenvalue weighted by Crippen LogP contribution is -2.70. The van der Waals surface area contributed by atoms with Gasteiger partial charge in [0.1, 0.15) is 5.97 Å². The van der Waals surface area contributed by atoms with Crippen LogP contribution < -0.4 is 11.3 Å². The van der Waals surface area contributed by atoms with Crippen molar-refractivity contribution in [2.45, 2.75) is 36.2 Å². The molecule has 0 aromatic rings. The van der Waals surface area contributed by atoms with Gasteiger partial charge >= 0.3 is 36.2 Å². The quantitative estimate of drug-likeness (QED) is 0.741. The van der Waals surface area contributed by atoms with Crippen LogP contribution in [0.25, 0.3) is 0 Å². The van der Waals surface area contributed by atoms with Crippen molar-refractivity contribution in [3.8, 4) is 0 Å². The van der Waals surface area contributed by atoms with Crippen molar-refractivity contribution < 1.29 is 71.7 Å². The molecule has 0 aromatic carbocycles. The fraction of sp³-hybridized carbons (Fsp3) is 0.857. The van der Waals surface area contributed by atoms with Gasteiger partial charge < -0.3 is 16.1 Å². The predicted octanol–water partition coefficient (Wildman–Crippen LogP) is 2.78. The summed E-state index contributed by atoms with van der Waals surface area (Å²) in [6, 6.07) is 0. The lowest BCUT2D eigenvalue weighted by atomic mass is 10.0. The number of halogens is 13. The summed E-state index contributed by atoms with van der Waals surface area (Å²) in [6.07, 6.45) is -30.1. The average Bonchev–Trinajstić information content (AvgIpc) is 2.21. The maximum absolute atomic E-state index is 12.9. The summed E-state index contributed by atoms with van der Waals surface area (Å²) in [6.45, 7) is 0. The molecule has 0 amide bonds. The molecule has 0 fully saturated rings. The second kappa shape index (κ2) is 6.08. The van der Waals surface area contributed by atoms with Gasteiger partial charge in [-0.15, -0.1) is 0 Å². The first-order valence-electron chi connectivity index (χ1n) is 4.52. The maximum atomic E-state index is 12.9. The highest BCUT2D eigenvalue weighted by Crippen LogP contribution is 2.56. The minimum absolute atomic E-state index is 0. The number of hydrogen-bond donors (Lipinski definition) is 1. The number of alkyl halides is 13. The number of aliphatic carboxylic acids is 1. The van der Waals surface area contributed by atoms with Gasteiger partial charge in [-0.1, -0.05) is 0 Å². The van der Waals surface area contributed by atoms with Crippen LogP contribution in [0.1, 0.15) is 0 Å². The van der Waals surface area contributed by atoms with Crippen LogP contribution in [0, 0.1) is 0 Å². The normalized spacial score (nSPS) is 17.0. The smallest absolute Gasteiger partial charge is 0.454 e. The number of hydrogen-bond acceptors (Lipinski definition) is 3. The summed E-state index contributed by atoms with van der Waals surface area (Å²) in [5, 5.41) is 9.82. The summed E-state index contributed by atoms with van der Waals surface area (Å²) < 4.78 is 160. The van der Waals surface area contributed by atoms with Crippen LogP contribution in [-0.4, -0.2) is 42.1 Å². The molecule has 0 heterocycles. The van der Waals surface area contributed by atoms with Gasteiger partial charge in [-0.3, -0.25) is 4.74 Å². The number of carboxylic acids is 1. The van der Waals surface area contributed by atoms with Gasteiger partial charge in [-0.05, 0) is 0 Å². The standard InChI is InChI=1S/C7HF13O3.H3N/c8-2(1(21)22,4(10,11)12)23-7(19,20)3(9,5(13,14)15)6(16,17)18;/h(H,21,22);1H3. The van der Waals surface area contributed by atoms with E-state index in [0.717, 1.165) is 0 Å². The van der Waals surface area contributed by atoms with Crippen LogP contribution in [0.15, 0.2) is 0 Å². The SMILES string of the molecule is O=C([O-])C(F)(OC(F)(F)C(F)(C(F)(F)F)C(F)(F)F)C(F)(F)F.[NH4+]. The molecule has 4 N–H and O–H groups in total. The van der Waals surface area contributed by atoms with Gasteiger partial charge in [0.05, 0.1) is 0 Å². The number of carbonyl (C=O) groups excluding carboxylic acids is 1. The van der Waals surface area contributed by atoms with E-state index in [4.69, 9.17) is 0 Å². The lowest BCUT2D eigenvalue weighted by molar-refractivity contribution is -0.497. The number of ether oxygens (including phenoxy) is 1. The van der Waals surface area contributed by atoms with Crippen molar-refractivity contribution in [3.05, 3.63) is 0 Å². The Balaban J connectivity index is 0. The third kappa shape index (κ3) is 3.60. The van der Waals surface area contributed by atoms with Gasteiger partial charge in [0, 0.05) is 0 Å². The average molecular weight is 397 g/mol. The third-order valence-electron chi connectivity index (χ3n) is 2.08. The molecule has 0 spiro atoms. The lowest BCUT2D eigenvalue weighted by Gasteiger charge is -2.39. The zero-order chi connectivity index (χ0) is 19.3. The molecule has 0 aliphatic rings. The van der Waals surface area contributed by atoms with Crippen molar-refractivity contribution in [1.82, 2.24) is 6.15 Å². The van der Waals surface area contributed by atoms with E-state index in [9.17, 15) is 67.0 Å². The van der Waals surface area contributed by atoms with Gasteiger partial charge in [0.25, 0.3) is 0 Å². The molecule has 0 rings (SSSR count). The Hall–Kier alpha value is -1.52. The topological polar surface area (TPSA) is 85.9 Å². The molecular formula is C7H4F13NO3. The Labute approximate surface area is 121 Å². The van der Waals surface area contributed by atoms with Crippen LogP contribution in [0.4, 0.5) is 57.1 Å². The molecule has 1 unspecified atom stereocenters. The minimum atomic E-state index is -7.86. The first kappa shape index (κ1) is 24.7. The fourth-order valence-corrected chi connectivity index (χ4v) is 0.953. The molecule has 0 saturated heterocycles. The molecule has 0 aliphatic carbocycles. The molecule has 4 nitrogen and oxygen atoms in total. The summed E-state index contributed by atoms with van der Waals surface area (Å²) in [5.74, 6) is -11.2. The second-order valence-electron chi connectivity index (χ2n) is 3.65. The van der Waals surface area contributed by atoms with Crippen LogP contribution in [0.2, 0.25) is 0 Å². The molecule has 24 heavy (non-hydrogen) atoms. The summed E-state index contributed by atoms with van der Waals surface area (Å²) in [5.41, 5.74) is -7.86. The van der Waals surface area contributed by atoms with Crippen LogP contribution in [0.3, 0.4) is 0 Å². The first-order chi connectivity index (χ1) is 9.65. The number of rotatable bonds is 4. The van der Waals surface area contributed by atoms with Gasteiger partial charge in [0.2, 0.25) is 0 Å². The van der Waals surface area contributed by atoms with E-state index in [1.165, 1.54) is 4.74 Å². The first-order valence-corrected chi connectivity index (χ1v) is 4.52. The fourth-order valence-electron chi connectivity index (χ4n) is 0.953. The number of carboxylic acid groups (broad SMARTS) is 1. The Kier molecular flexibility index (Phi) is 6.27. The minimum Gasteiger partial charge on any atom is -0.544 e. The van der Waals surface area contributed by atoms with Gasteiger partial charge in [0.15, 0.2) is 0 Å². The van der Waals surface area contributed by atoms with Crippen LogP contribution in [-0.2, 0) is 9.53 Å². The highest BCUT2D eigenvalue weighted by Gasteiger charge is 2.87. The zero-order valence-corrected chi connectivity index (χ0v) is 10.6. The maximum Gasteiger partial charge on any atom is 0.454 e. The molecule has 0 saturated carbocycles. The molecule has 0 bridgehead atoms. The van der Waals surface area contributed by atoms with Crippen LogP contribution in [0.5, 0.6) is 0 Å². The van der Waals surface area contributed by atoms with Crippen molar-refractivity contribution in [2.75, 3.05) is 0 Å². The van der Waals surface area contributed by atoms with Crippen molar-refractivity contribution in [1.29, 1.82) is 0 Å². The zero-order valence-electron chi connectivity index (χ0n) is 10.6. The number of carbonyl (C=O) groups is 1. The monoisotopic (exact) mass is 397 g/mol. The highest BCUT2D eigenvalue weighted by molar-refractivity contribution is 5.74. The Morgan fingerprint density at radius 2 is 0.958 bits per heavy atom. The van der Waals surface area contributed by atoms with E-state index < -0.39 is 42.1 Å². The largest absolute Gasteiger partial charge is 0.544 e. The third-order valence-corrected chi connectivity index (χ3v) is 2.08. The van der Waals surface area contributed by atoms with E-state index in [1.807, 2.05) is 0 Å². The van der Waals surface area contributed by atoms with Crippen molar-refractivity contribution >= 4 is 5.97 Å². The highest BCUT2D eigenvalue weighted by atomic mass is 19.4. The van der Waals surface area contributed by atoms with Crippen molar-refractivity contribution in [2.24, 2.45) is 0 Å². The van der Waals surface area contributed by atoms with E-state index in [1.54, 1.807) is 0 Å². The van der Waals surface area contributed by atoms with Gasteiger partial charge in [-0.25, -0.2) is 4.39 Å². The molecule has 0 aromatic heterocycles. The Bertz CT molecular complexity index is 452. The van der Waals surface area contributed by atoms with Gasteiger partial charge in [-0.2, -0.15) is 52.7 Å². The summed E-state index contributed by atoms with van der Waals surface area (Å²) in [4.78, 5) is 9.82. The Morgan fingerprint density at radius 1 is 0.667 bits per heavy atom. The summed E-state index contributed by atoms with van der Waals surface area (Å²) in [7, 11) is 0. The molecule has 146 valence electrons. The molecule has 0 radical (unpaired) electrons. The van der Waals surface area contributed by atoms with E-state index in [2.05, 4.69) is 0 Å². The van der Waals surface area contributed by atoms with E-state index in [0.29, 0.717) is 0 Å².